The molecule has 22 heavy (non-hydrogen) atoms. The van der Waals surface area contributed by atoms with Gasteiger partial charge in [-0.1, -0.05) is 34.5 Å². The predicted octanol–water partition coefficient (Wildman–Crippen LogP) is 4.14. The Labute approximate surface area is 141 Å². The molecular formula is C14H13Cl2N3O2S. The van der Waals surface area contributed by atoms with E-state index in [-0.39, 0.29) is 12.1 Å². The topological polar surface area (TPSA) is 54.5 Å². The zero-order chi connectivity index (χ0) is 15.5. The molecule has 0 aliphatic carbocycles. The maximum Gasteiger partial charge on any atom is 0.321 e. The Morgan fingerprint density at radius 3 is 3.00 bits per heavy atom. The number of carbonyl (C=O) groups is 1. The van der Waals surface area contributed by atoms with Crippen LogP contribution in [0.5, 0.6) is 5.19 Å². The zero-order valence-corrected chi connectivity index (χ0v) is 13.8. The summed E-state index contributed by atoms with van der Waals surface area (Å²) < 4.78 is 5.73. The number of benzene rings is 1. The standard InChI is InChI=1S/C14H13Cl2N3O2S/c15-11-2-1-9(7-12(11)16)18-13(20)19-5-3-10(8-19)21-14-17-4-6-22-14/h1-2,4,6-7,10H,3,5,8H2,(H,18,20). The fourth-order valence-corrected chi connectivity index (χ4v) is 3.05. The van der Waals surface area contributed by atoms with Gasteiger partial charge in [-0.15, -0.1) is 0 Å². The van der Waals surface area contributed by atoms with E-state index in [0.717, 1.165) is 6.42 Å². The molecule has 1 aliphatic heterocycles. The number of nitrogens with one attached hydrogen (secondary N) is 1. The summed E-state index contributed by atoms with van der Waals surface area (Å²) in [6.07, 6.45) is 2.46. The number of ether oxygens (including phenoxy) is 1. The summed E-state index contributed by atoms with van der Waals surface area (Å²) >= 11 is 13.2. The van der Waals surface area contributed by atoms with E-state index in [2.05, 4.69) is 10.3 Å². The van der Waals surface area contributed by atoms with Crippen LogP contribution >= 0.6 is 34.5 Å². The lowest BCUT2D eigenvalue weighted by atomic mass is 10.3. The van der Waals surface area contributed by atoms with E-state index in [9.17, 15) is 4.79 Å². The van der Waals surface area contributed by atoms with E-state index in [4.69, 9.17) is 27.9 Å². The van der Waals surface area contributed by atoms with Crippen molar-refractivity contribution in [1.29, 1.82) is 0 Å². The van der Waals surface area contributed by atoms with Gasteiger partial charge in [-0.3, -0.25) is 0 Å². The minimum absolute atomic E-state index is 0.0225. The molecule has 2 aromatic rings. The number of likely N-dealkylation sites (tertiary alicyclic amines) is 1. The highest BCUT2D eigenvalue weighted by atomic mass is 35.5. The molecule has 1 aromatic carbocycles. The summed E-state index contributed by atoms with van der Waals surface area (Å²) in [4.78, 5) is 18.0. The van der Waals surface area contributed by atoms with Crippen molar-refractivity contribution in [2.75, 3.05) is 18.4 Å². The lowest BCUT2D eigenvalue weighted by molar-refractivity contribution is 0.194. The smallest absolute Gasteiger partial charge is 0.321 e. The molecule has 1 atom stereocenters. The number of aromatic nitrogens is 1. The third kappa shape index (κ3) is 3.63. The van der Waals surface area contributed by atoms with Crippen molar-refractivity contribution in [2.45, 2.75) is 12.5 Å². The molecule has 1 saturated heterocycles. The molecule has 1 unspecified atom stereocenters. The maximum absolute atomic E-state index is 12.2. The second-order valence-corrected chi connectivity index (χ2v) is 6.50. The first kappa shape index (κ1) is 15.4. The van der Waals surface area contributed by atoms with E-state index in [1.807, 2.05) is 5.38 Å². The summed E-state index contributed by atoms with van der Waals surface area (Å²) in [6, 6.07) is 4.81. The Hall–Kier alpha value is -1.50. The van der Waals surface area contributed by atoms with Crippen molar-refractivity contribution in [3.8, 4) is 5.19 Å². The highest BCUT2D eigenvalue weighted by Gasteiger charge is 2.28. The largest absolute Gasteiger partial charge is 0.465 e. The highest BCUT2D eigenvalue weighted by molar-refractivity contribution is 7.11. The number of hydrogen-bond donors (Lipinski definition) is 1. The van der Waals surface area contributed by atoms with Gasteiger partial charge in [0.05, 0.1) is 16.6 Å². The van der Waals surface area contributed by atoms with Crippen LogP contribution in [-0.2, 0) is 0 Å². The van der Waals surface area contributed by atoms with Crippen molar-refractivity contribution in [1.82, 2.24) is 9.88 Å². The SMILES string of the molecule is O=C(Nc1ccc(Cl)c(Cl)c1)N1CCC(Oc2nccs2)C1. The monoisotopic (exact) mass is 357 g/mol. The number of halogens is 2. The number of thiazole rings is 1. The maximum atomic E-state index is 12.2. The van der Waals surface area contributed by atoms with Crippen LogP contribution in [0.2, 0.25) is 10.0 Å². The molecule has 0 bridgehead atoms. The normalized spacial score (nSPS) is 17.5. The predicted molar refractivity (Wildman–Crippen MR) is 88.2 cm³/mol. The Kier molecular flexibility index (Phi) is 4.71. The number of anilines is 1. The average molecular weight is 358 g/mol. The molecule has 2 heterocycles. The van der Waals surface area contributed by atoms with E-state index < -0.39 is 0 Å². The molecule has 0 saturated carbocycles. The van der Waals surface area contributed by atoms with Crippen LogP contribution in [0, 0.1) is 0 Å². The summed E-state index contributed by atoms with van der Waals surface area (Å²) in [5.74, 6) is 0. The fraction of sp³-hybridized carbons (Fsp3) is 0.286. The van der Waals surface area contributed by atoms with E-state index in [1.54, 1.807) is 29.3 Å². The van der Waals surface area contributed by atoms with Crippen molar-refractivity contribution in [2.24, 2.45) is 0 Å². The minimum Gasteiger partial charge on any atom is -0.465 e. The summed E-state index contributed by atoms with van der Waals surface area (Å²) in [5, 5.41) is 6.17. The zero-order valence-electron chi connectivity index (χ0n) is 11.5. The van der Waals surface area contributed by atoms with Gasteiger partial charge in [0.1, 0.15) is 6.10 Å². The molecule has 0 spiro atoms. The number of urea groups is 1. The number of rotatable bonds is 3. The van der Waals surface area contributed by atoms with Crippen LogP contribution < -0.4 is 10.1 Å². The fourth-order valence-electron chi connectivity index (χ4n) is 2.20. The molecular weight excluding hydrogens is 345 g/mol. The number of amides is 2. The number of nitrogens with zero attached hydrogens (tertiary/aromatic N) is 2. The van der Waals surface area contributed by atoms with Gasteiger partial charge in [0, 0.05) is 30.2 Å². The molecule has 2 amide bonds. The van der Waals surface area contributed by atoms with Crippen LogP contribution in [0.3, 0.4) is 0 Å². The van der Waals surface area contributed by atoms with E-state index >= 15 is 0 Å². The van der Waals surface area contributed by atoms with E-state index in [0.29, 0.717) is 34.0 Å². The number of hydrogen-bond acceptors (Lipinski definition) is 4. The van der Waals surface area contributed by atoms with Gasteiger partial charge in [0.15, 0.2) is 0 Å². The molecule has 5 nitrogen and oxygen atoms in total. The second kappa shape index (κ2) is 6.73. The number of carbonyl (C=O) groups excluding carboxylic acids is 1. The Morgan fingerprint density at radius 1 is 1.41 bits per heavy atom. The van der Waals surface area contributed by atoms with Crippen molar-refractivity contribution >= 4 is 46.3 Å². The summed E-state index contributed by atoms with van der Waals surface area (Å²) in [7, 11) is 0. The van der Waals surface area contributed by atoms with Gasteiger partial charge in [-0.2, -0.15) is 0 Å². The molecule has 0 radical (unpaired) electrons. The minimum atomic E-state index is -0.177. The molecule has 116 valence electrons. The summed E-state index contributed by atoms with van der Waals surface area (Å²) in [6.45, 7) is 1.18. The van der Waals surface area contributed by atoms with Gasteiger partial charge in [-0.05, 0) is 18.2 Å². The van der Waals surface area contributed by atoms with Gasteiger partial charge in [0.2, 0.25) is 0 Å². The van der Waals surface area contributed by atoms with Crippen LogP contribution in [0.25, 0.3) is 0 Å². The molecule has 3 rings (SSSR count). The van der Waals surface area contributed by atoms with Gasteiger partial charge >= 0.3 is 6.03 Å². The Bertz CT molecular complexity index is 666. The lowest BCUT2D eigenvalue weighted by Crippen LogP contribution is -2.34. The molecule has 1 aliphatic rings. The first-order valence-electron chi connectivity index (χ1n) is 6.69. The first-order valence-corrected chi connectivity index (χ1v) is 8.32. The van der Waals surface area contributed by atoms with Gasteiger partial charge in [-0.25, -0.2) is 9.78 Å². The molecule has 1 fully saturated rings. The summed E-state index contributed by atoms with van der Waals surface area (Å²) in [5.41, 5.74) is 0.615. The average Bonchev–Trinajstić information content (AvgIpc) is 3.15. The van der Waals surface area contributed by atoms with Crippen molar-refractivity contribution < 1.29 is 9.53 Å². The Morgan fingerprint density at radius 2 is 2.27 bits per heavy atom. The highest BCUT2D eigenvalue weighted by Crippen LogP contribution is 2.26. The van der Waals surface area contributed by atoms with Gasteiger partial charge < -0.3 is 15.0 Å². The van der Waals surface area contributed by atoms with Crippen molar-refractivity contribution in [3.05, 3.63) is 39.8 Å². The third-order valence-corrected chi connectivity index (χ3v) is 4.68. The second-order valence-electron chi connectivity index (χ2n) is 4.83. The molecule has 8 heteroatoms. The molecule has 1 N–H and O–H groups in total. The first-order chi connectivity index (χ1) is 10.6. The molecule has 1 aromatic heterocycles. The van der Waals surface area contributed by atoms with Crippen LogP contribution in [0.15, 0.2) is 29.8 Å². The lowest BCUT2D eigenvalue weighted by Gasteiger charge is -2.17. The third-order valence-electron chi connectivity index (χ3n) is 3.28. The van der Waals surface area contributed by atoms with E-state index in [1.165, 1.54) is 11.3 Å². The quantitative estimate of drug-likeness (QED) is 0.897. The Balaban J connectivity index is 1.55. The van der Waals surface area contributed by atoms with Crippen LogP contribution in [0.4, 0.5) is 10.5 Å². The van der Waals surface area contributed by atoms with Crippen molar-refractivity contribution in [3.63, 3.8) is 0 Å². The van der Waals surface area contributed by atoms with Gasteiger partial charge in [0.25, 0.3) is 5.19 Å². The van der Waals surface area contributed by atoms with Crippen LogP contribution in [0.1, 0.15) is 6.42 Å². The van der Waals surface area contributed by atoms with Crippen LogP contribution in [-0.4, -0.2) is 35.1 Å².